The monoisotopic (exact) mass is 328 g/mol. The Hall–Kier alpha value is -1.98. The molecule has 2 aromatic rings. The van der Waals surface area contributed by atoms with Gasteiger partial charge in [-0.1, -0.05) is 12.1 Å². The van der Waals surface area contributed by atoms with Gasteiger partial charge in [0.15, 0.2) is 0 Å². The predicted octanol–water partition coefficient (Wildman–Crippen LogP) is 3.50. The topological polar surface area (TPSA) is 41.6 Å². The summed E-state index contributed by atoms with van der Waals surface area (Å²) in [5, 5.41) is 2.98. The lowest BCUT2D eigenvalue weighted by atomic mass is 10.1. The van der Waals surface area contributed by atoms with Crippen LogP contribution in [0.1, 0.15) is 10.4 Å². The minimum absolute atomic E-state index is 0.0833. The van der Waals surface area contributed by atoms with Crippen LogP contribution < -0.4 is 10.2 Å². The van der Waals surface area contributed by atoms with Gasteiger partial charge in [0.05, 0.1) is 18.9 Å². The fourth-order valence-electron chi connectivity index (χ4n) is 2.59. The average Bonchev–Trinajstić information content (AvgIpc) is 2.63. The minimum Gasteiger partial charge on any atom is -0.378 e. The number of nitrogens with one attached hydrogen (secondary N) is 1. The molecule has 1 saturated heterocycles. The number of rotatable bonds is 4. The molecule has 0 atom stereocenters. The van der Waals surface area contributed by atoms with E-state index in [0.717, 1.165) is 42.6 Å². The van der Waals surface area contributed by atoms with Crippen molar-refractivity contribution < 1.29 is 9.53 Å². The number of ether oxygens (including phenoxy) is 1. The zero-order valence-electron chi connectivity index (χ0n) is 13.1. The summed E-state index contributed by atoms with van der Waals surface area (Å²) in [6, 6.07) is 15.6. The third-order valence-electron chi connectivity index (χ3n) is 3.86. The Morgan fingerprint density at radius 3 is 2.48 bits per heavy atom. The molecule has 4 nitrogen and oxygen atoms in total. The normalized spacial score (nSPS) is 14.6. The molecular weight excluding hydrogens is 308 g/mol. The number of anilines is 2. The first-order valence-corrected chi connectivity index (χ1v) is 8.87. The molecule has 0 bridgehead atoms. The highest BCUT2D eigenvalue weighted by Crippen LogP contribution is 2.25. The van der Waals surface area contributed by atoms with Crippen LogP contribution in [0.3, 0.4) is 0 Å². The Kier molecular flexibility index (Phi) is 5.20. The van der Waals surface area contributed by atoms with Crippen molar-refractivity contribution in [3.05, 3.63) is 54.1 Å². The van der Waals surface area contributed by atoms with Crippen LogP contribution in [0.2, 0.25) is 0 Å². The van der Waals surface area contributed by atoms with Gasteiger partial charge in [0, 0.05) is 29.2 Å². The second-order valence-corrected chi connectivity index (χ2v) is 6.15. The molecule has 2 aromatic carbocycles. The van der Waals surface area contributed by atoms with Crippen LogP contribution in [-0.2, 0) is 4.74 Å². The van der Waals surface area contributed by atoms with Gasteiger partial charge in [0.1, 0.15) is 0 Å². The highest BCUT2D eigenvalue weighted by molar-refractivity contribution is 7.98. The Labute approximate surface area is 140 Å². The summed E-state index contributed by atoms with van der Waals surface area (Å²) in [7, 11) is 0. The van der Waals surface area contributed by atoms with Gasteiger partial charge in [-0.3, -0.25) is 4.79 Å². The molecule has 1 fully saturated rings. The first-order chi connectivity index (χ1) is 11.3. The van der Waals surface area contributed by atoms with E-state index in [1.54, 1.807) is 11.8 Å². The molecule has 1 aliphatic rings. The molecular formula is C18H20N2O2S. The molecule has 120 valence electrons. The van der Waals surface area contributed by atoms with Crippen LogP contribution in [0.25, 0.3) is 0 Å². The van der Waals surface area contributed by atoms with Crippen LogP contribution >= 0.6 is 11.8 Å². The van der Waals surface area contributed by atoms with Gasteiger partial charge in [-0.25, -0.2) is 0 Å². The van der Waals surface area contributed by atoms with Crippen LogP contribution in [0.15, 0.2) is 53.4 Å². The maximum Gasteiger partial charge on any atom is 0.255 e. The number of benzene rings is 2. The van der Waals surface area contributed by atoms with Gasteiger partial charge < -0.3 is 15.0 Å². The molecule has 1 amide bonds. The summed E-state index contributed by atoms with van der Waals surface area (Å²) in [5.74, 6) is -0.0833. The Morgan fingerprint density at radius 2 is 1.78 bits per heavy atom. The van der Waals surface area contributed by atoms with Crippen LogP contribution in [0.4, 0.5) is 11.4 Å². The van der Waals surface area contributed by atoms with Gasteiger partial charge in [-0.15, -0.1) is 11.8 Å². The number of morpholine rings is 1. The molecule has 23 heavy (non-hydrogen) atoms. The van der Waals surface area contributed by atoms with Gasteiger partial charge in [-0.2, -0.15) is 0 Å². The van der Waals surface area contributed by atoms with E-state index in [4.69, 9.17) is 4.74 Å². The largest absolute Gasteiger partial charge is 0.378 e. The van der Waals surface area contributed by atoms with Crippen LogP contribution in [0.5, 0.6) is 0 Å². The fourth-order valence-corrected chi connectivity index (χ4v) is 3.14. The average molecular weight is 328 g/mol. The zero-order valence-corrected chi connectivity index (χ0v) is 13.9. The van der Waals surface area contributed by atoms with Crippen LogP contribution in [-0.4, -0.2) is 38.5 Å². The number of carbonyl (C=O) groups excluding carboxylic acids is 1. The lowest BCUT2D eigenvalue weighted by Crippen LogP contribution is -2.36. The number of hydrogen-bond acceptors (Lipinski definition) is 4. The van der Waals surface area contributed by atoms with E-state index in [9.17, 15) is 4.79 Å². The number of amides is 1. The molecule has 0 unspecified atom stereocenters. The zero-order chi connectivity index (χ0) is 16.1. The lowest BCUT2D eigenvalue weighted by Gasteiger charge is -2.28. The second-order valence-electron chi connectivity index (χ2n) is 5.30. The van der Waals surface area contributed by atoms with E-state index in [2.05, 4.69) is 10.2 Å². The SMILES string of the molecule is CSc1ccccc1NC(=O)c1ccc(N2CCOCC2)cc1. The first kappa shape index (κ1) is 15.9. The predicted molar refractivity (Wildman–Crippen MR) is 95.7 cm³/mol. The fraction of sp³-hybridized carbons (Fsp3) is 0.278. The third kappa shape index (κ3) is 3.86. The van der Waals surface area contributed by atoms with Crippen molar-refractivity contribution in [3.8, 4) is 0 Å². The summed E-state index contributed by atoms with van der Waals surface area (Å²) in [4.78, 5) is 15.7. The molecule has 0 radical (unpaired) electrons. The van der Waals surface area contributed by atoms with E-state index in [1.165, 1.54) is 0 Å². The highest BCUT2D eigenvalue weighted by atomic mass is 32.2. The standard InChI is InChI=1S/C18H20N2O2S/c1-23-17-5-3-2-4-16(17)19-18(21)14-6-8-15(9-7-14)20-10-12-22-13-11-20/h2-9H,10-13H2,1H3,(H,19,21). The van der Waals surface area contributed by atoms with E-state index in [-0.39, 0.29) is 5.91 Å². The molecule has 1 aliphatic heterocycles. The van der Waals surface area contributed by atoms with Crippen molar-refractivity contribution in [1.82, 2.24) is 0 Å². The molecule has 1 heterocycles. The molecule has 3 rings (SSSR count). The Morgan fingerprint density at radius 1 is 1.09 bits per heavy atom. The summed E-state index contributed by atoms with van der Waals surface area (Å²) in [6.45, 7) is 3.31. The van der Waals surface area contributed by atoms with E-state index >= 15 is 0 Å². The number of para-hydroxylation sites is 1. The molecule has 1 N–H and O–H groups in total. The number of thioether (sulfide) groups is 1. The van der Waals surface area contributed by atoms with E-state index < -0.39 is 0 Å². The smallest absolute Gasteiger partial charge is 0.255 e. The van der Waals surface area contributed by atoms with Crippen molar-refractivity contribution in [2.24, 2.45) is 0 Å². The van der Waals surface area contributed by atoms with E-state index in [0.29, 0.717) is 5.56 Å². The molecule has 0 aromatic heterocycles. The third-order valence-corrected chi connectivity index (χ3v) is 4.66. The Bertz CT molecular complexity index is 667. The second kappa shape index (κ2) is 7.53. The minimum atomic E-state index is -0.0833. The quantitative estimate of drug-likeness (QED) is 0.872. The summed E-state index contributed by atoms with van der Waals surface area (Å²) in [6.07, 6.45) is 2.00. The summed E-state index contributed by atoms with van der Waals surface area (Å²) in [5.41, 5.74) is 2.65. The van der Waals surface area contributed by atoms with Crippen molar-refractivity contribution in [3.63, 3.8) is 0 Å². The molecule has 0 spiro atoms. The van der Waals surface area contributed by atoms with Gasteiger partial charge in [-0.05, 0) is 42.7 Å². The van der Waals surface area contributed by atoms with Crippen molar-refractivity contribution >= 4 is 29.0 Å². The maximum atomic E-state index is 12.4. The van der Waals surface area contributed by atoms with Crippen molar-refractivity contribution in [1.29, 1.82) is 0 Å². The molecule has 5 heteroatoms. The van der Waals surface area contributed by atoms with Crippen LogP contribution in [0, 0.1) is 0 Å². The van der Waals surface area contributed by atoms with Gasteiger partial charge >= 0.3 is 0 Å². The molecule has 0 saturated carbocycles. The first-order valence-electron chi connectivity index (χ1n) is 7.65. The van der Waals surface area contributed by atoms with E-state index in [1.807, 2.05) is 54.8 Å². The Balaban J connectivity index is 1.70. The highest BCUT2D eigenvalue weighted by Gasteiger charge is 2.13. The number of hydrogen-bond donors (Lipinski definition) is 1. The lowest BCUT2D eigenvalue weighted by molar-refractivity contribution is 0.102. The van der Waals surface area contributed by atoms with Crippen molar-refractivity contribution in [2.45, 2.75) is 4.90 Å². The van der Waals surface area contributed by atoms with Gasteiger partial charge in [0.25, 0.3) is 5.91 Å². The summed E-state index contributed by atoms with van der Waals surface area (Å²) < 4.78 is 5.36. The number of nitrogens with zero attached hydrogens (tertiary/aromatic N) is 1. The maximum absolute atomic E-state index is 12.4. The summed E-state index contributed by atoms with van der Waals surface area (Å²) >= 11 is 1.62. The van der Waals surface area contributed by atoms with Crippen molar-refractivity contribution in [2.75, 3.05) is 42.8 Å². The number of carbonyl (C=O) groups is 1. The van der Waals surface area contributed by atoms with Gasteiger partial charge in [0.2, 0.25) is 0 Å². The molecule has 0 aliphatic carbocycles.